The number of hydrogen-bond donors (Lipinski definition) is 1. The van der Waals surface area contributed by atoms with E-state index >= 15 is 0 Å². The first kappa shape index (κ1) is 15.8. The molecule has 0 radical (unpaired) electrons. The molecule has 2 nitrogen and oxygen atoms in total. The summed E-state index contributed by atoms with van der Waals surface area (Å²) in [6, 6.07) is 5.93. The second-order valence-corrected chi connectivity index (χ2v) is 7.15. The summed E-state index contributed by atoms with van der Waals surface area (Å²) in [5, 5.41) is 3.61. The van der Waals surface area contributed by atoms with E-state index in [1.807, 2.05) is 6.07 Å². The molecule has 1 aliphatic heterocycles. The van der Waals surface area contributed by atoms with Gasteiger partial charge in [-0.2, -0.15) is 0 Å². The molecule has 2 unspecified atom stereocenters. The molecule has 112 valence electrons. The molecule has 1 aromatic carbocycles. The molecule has 1 heterocycles. The summed E-state index contributed by atoms with van der Waals surface area (Å²) in [7, 11) is 0. The monoisotopic (exact) mass is 342 g/mol. The Bertz CT molecular complexity index is 442. The fourth-order valence-electron chi connectivity index (χ4n) is 2.86. The summed E-state index contributed by atoms with van der Waals surface area (Å²) in [6.45, 7) is 10.6. The third-order valence-electron chi connectivity index (χ3n) is 4.18. The van der Waals surface area contributed by atoms with Crippen LogP contribution in [0, 0.1) is 17.7 Å². The summed E-state index contributed by atoms with van der Waals surface area (Å²) in [5.41, 5.74) is 0.707. The van der Waals surface area contributed by atoms with Crippen molar-refractivity contribution in [1.29, 1.82) is 0 Å². The Hall–Kier alpha value is -0.610. The highest BCUT2D eigenvalue weighted by atomic mass is 79.9. The fraction of sp³-hybridized carbons (Fsp3) is 0.625. The smallest absolute Gasteiger partial charge is 0.147 e. The molecule has 0 aliphatic carbocycles. The number of nitrogens with zero attached hydrogens (tertiary/aromatic N) is 1. The summed E-state index contributed by atoms with van der Waals surface area (Å²) < 4.78 is 15.1. The zero-order chi connectivity index (χ0) is 14.9. The van der Waals surface area contributed by atoms with Crippen LogP contribution in [0.4, 0.5) is 10.1 Å². The van der Waals surface area contributed by atoms with E-state index in [2.05, 4.69) is 53.8 Å². The van der Waals surface area contributed by atoms with Crippen LogP contribution in [-0.2, 0) is 0 Å². The predicted octanol–water partition coefficient (Wildman–Crippen LogP) is 4.05. The van der Waals surface area contributed by atoms with Crippen molar-refractivity contribution in [3.05, 3.63) is 28.5 Å². The van der Waals surface area contributed by atoms with Crippen molar-refractivity contribution >= 4 is 21.6 Å². The van der Waals surface area contributed by atoms with Gasteiger partial charge in [-0.05, 0) is 39.9 Å². The minimum Gasteiger partial charge on any atom is -0.362 e. The number of benzene rings is 1. The number of rotatable bonds is 3. The molecule has 1 aliphatic rings. The van der Waals surface area contributed by atoms with Crippen molar-refractivity contribution in [3.63, 3.8) is 0 Å². The van der Waals surface area contributed by atoms with E-state index in [0.717, 1.165) is 17.6 Å². The van der Waals surface area contributed by atoms with Crippen LogP contribution in [0.15, 0.2) is 22.7 Å². The number of piperazine rings is 1. The van der Waals surface area contributed by atoms with Gasteiger partial charge in [0.05, 0.1) is 5.69 Å². The summed E-state index contributed by atoms with van der Waals surface area (Å²) in [6.07, 6.45) is 0. The number of halogens is 2. The lowest BCUT2D eigenvalue weighted by Gasteiger charge is -2.45. The van der Waals surface area contributed by atoms with E-state index in [-0.39, 0.29) is 5.82 Å². The molecule has 0 spiro atoms. The molecule has 0 bridgehead atoms. The van der Waals surface area contributed by atoms with Gasteiger partial charge in [0, 0.05) is 29.6 Å². The molecular weight excluding hydrogens is 319 g/mol. The Morgan fingerprint density at radius 1 is 1.25 bits per heavy atom. The van der Waals surface area contributed by atoms with Crippen LogP contribution in [0.5, 0.6) is 0 Å². The molecule has 1 N–H and O–H groups in total. The van der Waals surface area contributed by atoms with E-state index in [4.69, 9.17) is 0 Å². The van der Waals surface area contributed by atoms with Gasteiger partial charge in [-0.1, -0.05) is 33.8 Å². The molecule has 1 aromatic rings. The van der Waals surface area contributed by atoms with Crippen LogP contribution in [0.1, 0.15) is 27.7 Å². The minimum atomic E-state index is -0.144. The number of hydrogen-bond acceptors (Lipinski definition) is 2. The maximum atomic E-state index is 14.3. The molecule has 1 fully saturated rings. The van der Waals surface area contributed by atoms with Crippen molar-refractivity contribution in [1.82, 2.24) is 5.32 Å². The van der Waals surface area contributed by atoms with E-state index in [1.165, 1.54) is 0 Å². The molecule has 0 amide bonds. The topological polar surface area (TPSA) is 15.3 Å². The third-order valence-corrected chi connectivity index (χ3v) is 4.82. The average Bonchev–Trinajstić information content (AvgIpc) is 2.38. The standard InChI is InChI=1S/C16H24BrFN2/c1-10(2)14-9-20(15(8-19-14)11(3)4)16-12(17)6-5-7-13(16)18/h5-7,10-11,14-15,19H,8-9H2,1-4H3. The zero-order valence-corrected chi connectivity index (χ0v) is 14.2. The summed E-state index contributed by atoms with van der Waals surface area (Å²) in [4.78, 5) is 2.24. The third kappa shape index (κ3) is 3.17. The molecule has 1 saturated heterocycles. The van der Waals surface area contributed by atoms with Crippen LogP contribution in [0.25, 0.3) is 0 Å². The quantitative estimate of drug-likeness (QED) is 0.891. The van der Waals surface area contributed by atoms with Gasteiger partial charge in [-0.15, -0.1) is 0 Å². The Balaban J connectivity index is 2.36. The van der Waals surface area contributed by atoms with Crippen molar-refractivity contribution in [2.45, 2.75) is 39.8 Å². The lowest BCUT2D eigenvalue weighted by molar-refractivity contribution is 0.293. The fourth-order valence-corrected chi connectivity index (χ4v) is 3.43. The largest absolute Gasteiger partial charge is 0.362 e. The predicted molar refractivity (Wildman–Crippen MR) is 86.7 cm³/mol. The van der Waals surface area contributed by atoms with Gasteiger partial charge in [0.25, 0.3) is 0 Å². The SMILES string of the molecule is CC(C)C1CN(c2c(F)cccc2Br)C(C(C)C)CN1. The zero-order valence-electron chi connectivity index (χ0n) is 12.7. The first-order valence-corrected chi connectivity index (χ1v) is 8.15. The van der Waals surface area contributed by atoms with Crippen molar-refractivity contribution < 1.29 is 4.39 Å². The highest BCUT2D eigenvalue weighted by Gasteiger charge is 2.33. The van der Waals surface area contributed by atoms with Gasteiger partial charge in [0.15, 0.2) is 0 Å². The number of para-hydroxylation sites is 1. The lowest BCUT2D eigenvalue weighted by atomic mass is 9.93. The van der Waals surface area contributed by atoms with Crippen LogP contribution in [0.2, 0.25) is 0 Å². The molecule has 2 rings (SSSR count). The number of nitrogens with one attached hydrogen (secondary N) is 1. The second kappa shape index (κ2) is 6.44. The summed E-state index contributed by atoms with van der Waals surface area (Å²) >= 11 is 3.51. The molecule has 0 aromatic heterocycles. The maximum Gasteiger partial charge on any atom is 0.147 e. The second-order valence-electron chi connectivity index (χ2n) is 6.29. The molecule has 20 heavy (non-hydrogen) atoms. The van der Waals surface area contributed by atoms with Crippen LogP contribution in [-0.4, -0.2) is 25.2 Å². The van der Waals surface area contributed by atoms with Gasteiger partial charge in [0.1, 0.15) is 5.82 Å². The van der Waals surface area contributed by atoms with Crippen molar-refractivity contribution in [2.24, 2.45) is 11.8 Å². The number of anilines is 1. The Morgan fingerprint density at radius 2 is 1.95 bits per heavy atom. The van der Waals surface area contributed by atoms with E-state index in [9.17, 15) is 4.39 Å². The van der Waals surface area contributed by atoms with E-state index in [0.29, 0.717) is 29.6 Å². The highest BCUT2D eigenvalue weighted by molar-refractivity contribution is 9.10. The van der Waals surface area contributed by atoms with Gasteiger partial charge in [-0.25, -0.2) is 4.39 Å². The van der Waals surface area contributed by atoms with Crippen LogP contribution in [0.3, 0.4) is 0 Å². The van der Waals surface area contributed by atoms with Crippen molar-refractivity contribution in [3.8, 4) is 0 Å². The van der Waals surface area contributed by atoms with Gasteiger partial charge in [-0.3, -0.25) is 0 Å². The molecular formula is C16H24BrFN2. The minimum absolute atomic E-state index is 0.144. The van der Waals surface area contributed by atoms with Gasteiger partial charge < -0.3 is 10.2 Å². The molecule has 0 saturated carbocycles. The Morgan fingerprint density at radius 3 is 2.50 bits per heavy atom. The summed E-state index contributed by atoms with van der Waals surface area (Å²) in [5.74, 6) is 0.868. The highest BCUT2D eigenvalue weighted by Crippen LogP contribution is 2.33. The van der Waals surface area contributed by atoms with E-state index in [1.54, 1.807) is 12.1 Å². The Kier molecular flexibility index (Phi) is 5.08. The van der Waals surface area contributed by atoms with Crippen molar-refractivity contribution in [2.75, 3.05) is 18.0 Å². The first-order valence-electron chi connectivity index (χ1n) is 7.35. The molecule has 4 heteroatoms. The lowest BCUT2D eigenvalue weighted by Crippen LogP contribution is -2.60. The van der Waals surface area contributed by atoms with Crippen LogP contribution < -0.4 is 10.2 Å². The van der Waals surface area contributed by atoms with E-state index < -0.39 is 0 Å². The maximum absolute atomic E-state index is 14.3. The van der Waals surface area contributed by atoms with Gasteiger partial charge in [0.2, 0.25) is 0 Å². The Labute approximate surface area is 129 Å². The normalized spacial score (nSPS) is 23.7. The average molecular weight is 343 g/mol. The van der Waals surface area contributed by atoms with Gasteiger partial charge >= 0.3 is 0 Å². The van der Waals surface area contributed by atoms with Crippen LogP contribution >= 0.6 is 15.9 Å². The first-order chi connectivity index (χ1) is 9.41. The molecule has 2 atom stereocenters.